The highest BCUT2D eigenvalue weighted by atomic mass is 79.9. The van der Waals surface area contributed by atoms with Crippen LogP contribution < -0.4 is 0 Å². The van der Waals surface area contributed by atoms with Crippen LogP contribution in [0.25, 0.3) is 0 Å². The van der Waals surface area contributed by atoms with E-state index in [1.54, 1.807) is 0 Å². The van der Waals surface area contributed by atoms with Crippen LogP contribution in [-0.2, 0) is 15.2 Å². The van der Waals surface area contributed by atoms with E-state index in [2.05, 4.69) is 95.7 Å². The molecule has 0 amide bonds. The number of fused-ring (bicyclic) bond motifs is 7. The van der Waals surface area contributed by atoms with Crippen molar-refractivity contribution in [3.63, 3.8) is 0 Å². The van der Waals surface area contributed by atoms with Crippen LogP contribution >= 0.6 is 15.9 Å². The molecule has 0 bridgehead atoms. The van der Waals surface area contributed by atoms with Gasteiger partial charge in [-0.2, -0.15) is 0 Å². The third-order valence-electron chi connectivity index (χ3n) is 6.68. The first-order valence-electron chi connectivity index (χ1n) is 8.17. The number of benzene rings is 3. The Hall–Kier alpha value is -1.86. The van der Waals surface area contributed by atoms with Crippen LogP contribution in [0.1, 0.15) is 40.3 Å². The first kappa shape index (κ1) is 12.5. The molecule has 1 heteroatoms. The number of alkyl halides is 1. The van der Waals surface area contributed by atoms with E-state index in [0.29, 0.717) is 0 Å². The second kappa shape index (κ2) is 3.47. The van der Waals surface area contributed by atoms with Crippen LogP contribution in [-0.4, -0.2) is 0 Å². The van der Waals surface area contributed by atoms with Gasteiger partial charge in [-0.05, 0) is 33.4 Å². The fraction of sp³-hybridized carbons (Fsp3) is 0.182. The predicted molar refractivity (Wildman–Crippen MR) is 96.3 cm³/mol. The Morgan fingerprint density at radius 2 is 0.913 bits per heavy atom. The molecule has 0 N–H and O–H groups in total. The molecule has 3 aromatic rings. The fourth-order valence-electron chi connectivity index (χ4n) is 5.95. The molecule has 0 radical (unpaired) electrons. The molecule has 3 unspecified atom stereocenters. The lowest BCUT2D eigenvalue weighted by molar-refractivity contribution is 0.221. The summed E-state index contributed by atoms with van der Waals surface area (Å²) in [6.45, 7) is 2.44. The van der Waals surface area contributed by atoms with Gasteiger partial charge in [0, 0.05) is 5.41 Å². The summed E-state index contributed by atoms with van der Waals surface area (Å²) in [4.78, 5) is 0. The second-order valence-corrected chi connectivity index (χ2v) is 8.36. The Bertz CT molecular complexity index is 935. The van der Waals surface area contributed by atoms with E-state index in [1.165, 1.54) is 33.4 Å². The van der Waals surface area contributed by atoms with Crippen molar-refractivity contribution in [2.45, 2.75) is 22.1 Å². The third-order valence-corrected chi connectivity index (χ3v) is 8.12. The van der Waals surface area contributed by atoms with Gasteiger partial charge >= 0.3 is 0 Å². The topological polar surface area (TPSA) is 0 Å². The summed E-state index contributed by atoms with van der Waals surface area (Å²) in [6.07, 6.45) is 0. The van der Waals surface area contributed by atoms with E-state index in [1.807, 2.05) is 0 Å². The Morgan fingerprint density at radius 3 is 1.48 bits per heavy atom. The quantitative estimate of drug-likeness (QED) is 0.481. The van der Waals surface area contributed by atoms with Gasteiger partial charge in [-0.3, -0.25) is 0 Å². The molecule has 0 saturated carbocycles. The third kappa shape index (κ3) is 0.914. The smallest absolute Gasteiger partial charge is 0.0734 e. The Morgan fingerprint density at radius 1 is 0.565 bits per heavy atom. The summed E-state index contributed by atoms with van der Waals surface area (Å²) >= 11 is 4.25. The van der Waals surface area contributed by atoms with Crippen LogP contribution in [0.5, 0.6) is 0 Å². The molecule has 3 aliphatic carbocycles. The molecule has 0 aliphatic heterocycles. The number of hydrogen-bond donors (Lipinski definition) is 0. The SMILES string of the molecule is CC12c3ccccc3C3(Br)c4ccccc4C13c1ccccc12. The van der Waals surface area contributed by atoms with Gasteiger partial charge in [0.2, 0.25) is 0 Å². The normalized spacial score (nSPS) is 34.2. The molecular formula is C22H15Br. The molecule has 3 aromatic carbocycles. The van der Waals surface area contributed by atoms with Gasteiger partial charge < -0.3 is 0 Å². The van der Waals surface area contributed by atoms with Crippen molar-refractivity contribution in [3.8, 4) is 0 Å². The minimum absolute atomic E-state index is 0.0386. The van der Waals surface area contributed by atoms with Gasteiger partial charge in [0.05, 0.1) is 9.74 Å². The molecule has 3 atom stereocenters. The van der Waals surface area contributed by atoms with E-state index in [-0.39, 0.29) is 15.2 Å². The second-order valence-electron chi connectivity index (χ2n) is 7.17. The highest BCUT2D eigenvalue weighted by Gasteiger charge is 2.81. The Labute approximate surface area is 144 Å². The molecule has 0 aromatic heterocycles. The zero-order valence-corrected chi connectivity index (χ0v) is 14.4. The summed E-state index contributed by atoms with van der Waals surface area (Å²) in [6, 6.07) is 27.0. The summed E-state index contributed by atoms with van der Waals surface area (Å²) < 4.78 is -0.0870. The molecule has 0 saturated heterocycles. The summed E-state index contributed by atoms with van der Waals surface area (Å²) in [7, 11) is 0. The van der Waals surface area contributed by atoms with Crippen LogP contribution in [0.4, 0.5) is 0 Å². The van der Waals surface area contributed by atoms with E-state index in [0.717, 1.165) is 0 Å². The molecule has 3 aliphatic rings. The van der Waals surface area contributed by atoms with E-state index < -0.39 is 0 Å². The maximum atomic E-state index is 4.25. The van der Waals surface area contributed by atoms with E-state index >= 15 is 0 Å². The summed E-state index contributed by atoms with van der Waals surface area (Å²) in [5, 5.41) is 0. The van der Waals surface area contributed by atoms with Gasteiger partial charge in [-0.15, -0.1) is 0 Å². The van der Waals surface area contributed by atoms with Crippen molar-refractivity contribution in [1.82, 2.24) is 0 Å². The average molecular weight is 359 g/mol. The standard InChI is InChI=1S/C22H15Br/c1-20-14-8-2-4-10-16(14)21(20)17-11-5-7-13-19(17)22(21,23)18-12-6-3-9-15(18)20/h2-13H,1H3. The number of halogens is 1. The largest absolute Gasteiger partial charge is 0.0909 e. The lowest BCUT2D eigenvalue weighted by Crippen LogP contribution is -2.67. The highest BCUT2D eigenvalue weighted by molar-refractivity contribution is 9.09. The number of rotatable bonds is 0. The van der Waals surface area contributed by atoms with Gasteiger partial charge in [0.1, 0.15) is 0 Å². The van der Waals surface area contributed by atoms with Gasteiger partial charge in [-0.1, -0.05) is 95.7 Å². The first-order valence-corrected chi connectivity index (χ1v) is 8.96. The van der Waals surface area contributed by atoms with E-state index in [9.17, 15) is 0 Å². The molecule has 0 heterocycles. The minimum Gasteiger partial charge on any atom is -0.0734 e. The van der Waals surface area contributed by atoms with Crippen molar-refractivity contribution < 1.29 is 0 Å². The van der Waals surface area contributed by atoms with Crippen molar-refractivity contribution in [1.29, 1.82) is 0 Å². The lowest BCUT2D eigenvalue weighted by atomic mass is 9.37. The molecule has 0 nitrogen and oxygen atoms in total. The van der Waals surface area contributed by atoms with Crippen molar-refractivity contribution in [2.75, 3.05) is 0 Å². The molecule has 0 fully saturated rings. The highest BCUT2D eigenvalue weighted by Crippen LogP contribution is 2.83. The predicted octanol–water partition coefficient (Wildman–Crippen LogP) is 5.26. The van der Waals surface area contributed by atoms with Crippen molar-refractivity contribution in [3.05, 3.63) is 106 Å². The lowest BCUT2D eigenvalue weighted by Gasteiger charge is -2.67. The zero-order chi connectivity index (χ0) is 15.4. The van der Waals surface area contributed by atoms with E-state index in [4.69, 9.17) is 0 Å². The van der Waals surface area contributed by atoms with Gasteiger partial charge in [-0.25, -0.2) is 0 Å². The maximum Gasteiger partial charge on any atom is 0.0909 e. The average Bonchev–Trinajstić information content (AvgIpc) is 2.72. The minimum atomic E-state index is -0.0870. The summed E-state index contributed by atoms with van der Waals surface area (Å²) in [5.41, 5.74) is 8.93. The van der Waals surface area contributed by atoms with Gasteiger partial charge in [0.25, 0.3) is 0 Å². The molecule has 110 valence electrons. The Kier molecular flexibility index (Phi) is 1.89. The van der Waals surface area contributed by atoms with Crippen LogP contribution in [0, 0.1) is 0 Å². The van der Waals surface area contributed by atoms with Crippen LogP contribution in [0.3, 0.4) is 0 Å². The van der Waals surface area contributed by atoms with Crippen LogP contribution in [0.2, 0.25) is 0 Å². The molecule has 1 spiro atoms. The molecule has 23 heavy (non-hydrogen) atoms. The van der Waals surface area contributed by atoms with Crippen LogP contribution in [0.15, 0.2) is 72.8 Å². The van der Waals surface area contributed by atoms with Crippen molar-refractivity contribution in [2.24, 2.45) is 0 Å². The Balaban J connectivity index is 1.87. The van der Waals surface area contributed by atoms with Crippen molar-refractivity contribution >= 4 is 15.9 Å². The monoisotopic (exact) mass is 358 g/mol. The maximum absolute atomic E-state index is 4.25. The molecule has 6 rings (SSSR count). The number of hydrogen-bond acceptors (Lipinski definition) is 0. The summed E-state index contributed by atoms with van der Waals surface area (Å²) in [5.74, 6) is 0. The van der Waals surface area contributed by atoms with Gasteiger partial charge in [0.15, 0.2) is 0 Å². The fourth-order valence-corrected chi connectivity index (χ4v) is 7.46. The first-order chi connectivity index (χ1) is 11.2. The molecular weight excluding hydrogens is 344 g/mol. The zero-order valence-electron chi connectivity index (χ0n) is 12.8.